The molecule has 8 bridgehead atoms. The Hall–Kier alpha value is -3.38. The number of benzene rings is 3. The van der Waals surface area contributed by atoms with Crippen LogP contribution < -0.4 is 45.8 Å². The van der Waals surface area contributed by atoms with Gasteiger partial charge in [0.25, 0.3) is 0 Å². The molecule has 0 spiro atoms. The molecule has 0 amide bonds. The van der Waals surface area contributed by atoms with Gasteiger partial charge in [0, 0.05) is 36.1 Å². The maximum atomic E-state index is 13.8. The Morgan fingerprint density at radius 1 is 0.983 bits per heavy atom. The molecule has 2 aliphatic carbocycles. The van der Waals surface area contributed by atoms with Crippen LogP contribution in [0.5, 0.6) is 11.5 Å². The fourth-order valence-corrected chi connectivity index (χ4v) is 11.9. The van der Waals surface area contributed by atoms with Crippen molar-refractivity contribution in [3.63, 3.8) is 0 Å². The third-order valence-electron chi connectivity index (χ3n) is 13.8. The van der Waals surface area contributed by atoms with E-state index in [-0.39, 0.29) is 84.1 Å². The van der Waals surface area contributed by atoms with Gasteiger partial charge in [-0.15, -0.1) is 0 Å². The summed E-state index contributed by atoms with van der Waals surface area (Å²) in [6.07, 6.45) is 7.95. The first-order valence-corrected chi connectivity index (χ1v) is 22.7. The number of aliphatic hydroxyl groups is 2. The van der Waals surface area contributed by atoms with E-state index in [4.69, 9.17) is 25.9 Å². The zero-order chi connectivity index (χ0) is 41.5. The van der Waals surface area contributed by atoms with Crippen molar-refractivity contribution in [2.45, 2.75) is 125 Å². The Balaban J connectivity index is 0.00000544. The zero-order valence-corrected chi connectivity index (χ0v) is 37.4. The molecular weight excluding hydrogens is 790 g/mol. The maximum absolute atomic E-state index is 13.8. The van der Waals surface area contributed by atoms with Crippen molar-refractivity contribution in [3.05, 3.63) is 106 Å². The van der Waals surface area contributed by atoms with Crippen LogP contribution in [-0.4, -0.2) is 57.8 Å². The van der Waals surface area contributed by atoms with Crippen LogP contribution in [0.3, 0.4) is 0 Å². The minimum Gasteiger partial charge on any atom is -0.748 e. The van der Waals surface area contributed by atoms with Gasteiger partial charge in [-0.05, 0) is 122 Å². The number of aromatic hydroxyl groups is 1. The quantitative estimate of drug-likeness (QED) is 0.0583. The Kier molecular flexibility index (Phi) is 13.5. The van der Waals surface area contributed by atoms with Crippen LogP contribution in [0.2, 0.25) is 0 Å². The second kappa shape index (κ2) is 18.1. The summed E-state index contributed by atoms with van der Waals surface area (Å²) in [4.78, 5) is 4.77. The number of guanidine groups is 1. The first-order valence-electron chi connectivity index (χ1n) is 21.2. The number of ether oxygens (including phenoxy) is 2. The third-order valence-corrected chi connectivity index (χ3v) is 15.1. The Bertz CT molecular complexity index is 2250. The van der Waals surface area contributed by atoms with Gasteiger partial charge in [-0.3, -0.25) is 0 Å². The molecule has 0 unspecified atom stereocenters. The van der Waals surface area contributed by atoms with E-state index >= 15 is 0 Å². The number of rotatable bonds is 7. The molecule has 3 aromatic rings. The van der Waals surface area contributed by atoms with E-state index in [2.05, 4.69) is 11.8 Å². The number of aliphatic hydroxyl groups excluding tert-OH is 1. The van der Waals surface area contributed by atoms with Gasteiger partial charge in [0.15, 0.2) is 5.96 Å². The molecule has 6 aliphatic heterocycles. The van der Waals surface area contributed by atoms with Crippen LogP contribution in [0.4, 0.5) is 0 Å². The fourth-order valence-electron chi connectivity index (χ4n) is 10.8. The minimum atomic E-state index is -4.86. The van der Waals surface area contributed by atoms with Crippen LogP contribution in [-0.2, 0) is 20.6 Å². The van der Waals surface area contributed by atoms with Crippen molar-refractivity contribution in [1.29, 1.82) is 0 Å². The average Bonchev–Trinajstić information content (AvgIpc) is 3.59. The van der Waals surface area contributed by atoms with Gasteiger partial charge >= 0.3 is 29.6 Å². The van der Waals surface area contributed by atoms with E-state index in [9.17, 15) is 28.3 Å². The molecule has 60 heavy (non-hydrogen) atoms. The second-order valence-corrected chi connectivity index (χ2v) is 19.3. The average molecular weight is 846 g/mol. The molecule has 1 saturated heterocycles. The van der Waals surface area contributed by atoms with E-state index < -0.39 is 38.7 Å². The predicted octanol–water partition coefficient (Wildman–Crippen LogP) is 3.73. The molecular formula is C47H56N3NaO8S. The maximum Gasteiger partial charge on any atom is 1.00 e. The number of allylic oxidation sites excluding steroid dienone is 1. The number of nitrogens with zero attached hydrogens (tertiary/aromatic N) is 1. The Morgan fingerprint density at radius 2 is 1.70 bits per heavy atom. The summed E-state index contributed by atoms with van der Waals surface area (Å²) in [6, 6.07) is 20.4. The Labute approximate surface area is 376 Å². The molecule has 314 valence electrons. The number of hydrogen-bond acceptors (Lipinski definition) is 9. The number of aliphatic imine (C=N–C) groups is 1. The van der Waals surface area contributed by atoms with Crippen LogP contribution in [0.15, 0.2) is 83.4 Å². The molecule has 0 radical (unpaired) electrons. The molecule has 3 aromatic carbocycles. The van der Waals surface area contributed by atoms with Gasteiger partial charge in [0.1, 0.15) is 17.6 Å². The first kappa shape index (κ1) is 44.7. The summed E-state index contributed by atoms with van der Waals surface area (Å²) in [5.41, 5.74) is 14.8. The van der Waals surface area contributed by atoms with Crippen LogP contribution in [0, 0.1) is 29.6 Å². The summed E-state index contributed by atoms with van der Waals surface area (Å²) in [5.74, 6) is 5.23. The van der Waals surface area contributed by atoms with Crippen LogP contribution in [0.25, 0.3) is 0 Å². The second-order valence-electron chi connectivity index (χ2n) is 17.7. The first-order chi connectivity index (χ1) is 28.3. The number of hydrogen-bond donors (Lipinski definition) is 5. The zero-order valence-electron chi connectivity index (χ0n) is 34.6. The van der Waals surface area contributed by atoms with E-state index in [0.29, 0.717) is 74.7 Å². The van der Waals surface area contributed by atoms with E-state index in [1.807, 2.05) is 67.6 Å². The molecule has 11 rings (SSSR count). The molecule has 1 saturated carbocycles. The van der Waals surface area contributed by atoms with Gasteiger partial charge in [-0.1, -0.05) is 80.1 Å². The van der Waals surface area contributed by atoms with Crippen molar-refractivity contribution in [2.75, 3.05) is 6.61 Å². The topological polar surface area (TPSA) is 201 Å². The number of phenolic OH excluding ortho intramolecular Hbond substituents is 1. The summed E-state index contributed by atoms with van der Waals surface area (Å²) in [5, 5.41) is 31.2. The van der Waals surface area contributed by atoms with Crippen molar-refractivity contribution in [2.24, 2.45) is 34.2 Å². The van der Waals surface area contributed by atoms with Gasteiger partial charge in [0.2, 0.25) is 5.72 Å². The molecule has 6 heterocycles. The molecule has 2 fully saturated rings. The predicted molar refractivity (Wildman–Crippen MR) is 224 cm³/mol. The van der Waals surface area contributed by atoms with Crippen molar-refractivity contribution in [1.82, 2.24) is 0 Å². The number of phenols is 1. The van der Waals surface area contributed by atoms with Crippen molar-refractivity contribution >= 4 is 16.1 Å². The fraction of sp³-hybridized carbons (Fsp3) is 0.511. The summed E-state index contributed by atoms with van der Waals surface area (Å²) >= 11 is 0. The van der Waals surface area contributed by atoms with E-state index in [1.165, 1.54) is 0 Å². The molecule has 0 aromatic heterocycles. The summed E-state index contributed by atoms with van der Waals surface area (Å²) in [6.45, 7) is 1.94. The number of fused-ring (bicyclic) bond motifs is 7. The van der Waals surface area contributed by atoms with E-state index in [0.717, 1.165) is 35.1 Å². The smallest absolute Gasteiger partial charge is 0.748 e. The molecule has 9 atom stereocenters. The van der Waals surface area contributed by atoms with Gasteiger partial charge in [0.05, 0.1) is 27.1 Å². The standard InChI is InChI=1S/C47H57N3O8S.Na/c1-2-30-27-42(59(54,55)56)41-26-35-23-34(25-39-22-29(28-51)6-5-7-33-24-37(52)14-17-40(33)44(35)57-39)43(41)32-8-12-36(13-9-32)47(50-45(48)49,21-20-46(53)18-3-4-19-46)58-38-15-10-31(30)11-16-38;/h8-17,24,26,29-30,34,39,41-44,51-53H,2-4,6,18-23,25,27-28H2,1H3,(H4,48,49,50)(H,54,55,56);/q;+1/p-1/t29-,30+,34+,39-,41-,42-,43+,44-,47-;/m1./s1. The summed E-state index contributed by atoms with van der Waals surface area (Å²) in [7, 11) is -4.86. The number of nitrogens with two attached hydrogens (primary N) is 2. The van der Waals surface area contributed by atoms with Crippen molar-refractivity contribution in [3.8, 4) is 23.3 Å². The third kappa shape index (κ3) is 9.35. The van der Waals surface area contributed by atoms with Gasteiger partial charge in [-0.2, -0.15) is 0 Å². The molecule has 11 nitrogen and oxygen atoms in total. The molecule has 7 N–H and O–H groups in total. The normalized spacial score (nSPS) is 30.6. The molecule has 8 aliphatic rings. The largest absolute Gasteiger partial charge is 1.00 e. The Morgan fingerprint density at radius 3 is 2.37 bits per heavy atom. The van der Waals surface area contributed by atoms with E-state index in [1.54, 1.807) is 12.1 Å². The molecule has 13 heteroatoms. The van der Waals surface area contributed by atoms with Gasteiger partial charge < -0.3 is 40.8 Å². The van der Waals surface area contributed by atoms with Crippen molar-refractivity contribution < 1.29 is 67.3 Å². The van der Waals surface area contributed by atoms with Gasteiger partial charge in [-0.25, -0.2) is 13.4 Å². The monoisotopic (exact) mass is 845 g/mol. The SMILES string of the molecule is CC[C@H]1C[C@@H](S(=O)(=O)[O-])[C@H]2C=C3C[C@@H](C[C@H]4C[C@H](CO)CC#Cc5cc(O)ccc5[C@@H]3O4)[C@@H]2c2ccc(cc2)[C@](CCC2(O)CCCC2)(N=C(N)N)Oc2ccc1cc2.[Na+]. The summed E-state index contributed by atoms with van der Waals surface area (Å²) < 4.78 is 55.2. The van der Waals surface area contributed by atoms with Crippen LogP contribution >= 0.6 is 0 Å². The van der Waals surface area contributed by atoms with Crippen LogP contribution in [0.1, 0.15) is 130 Å². The minimum absolute atomic E-state index is 0.